The summed E-state index contributed by atoms with van der Waals surface area (Å²) in [6.07, 6.45) is 5.47. The fourth-order valence-corrected chi connectivity index (χ4v) is 3.21. The second-order valence-corrected chi connectivity index (χ2v) is 6.15. The van der Waals surface area contributed by atoms with Gasteiger partial charge in [0.05, 0.1) is 12.0 Å². The third-order valence-corrected chi connectivity index (χ3v) is 4.50. The minimum absolute atomic E-state index is 0.144. The molecule has 0 aromatic carbocycles. The van der Waals surface area contributed by atoms with E-state index in [4.69, 9.17) is 10.2 Å². The maximum absolute atomic E-state index is 11.8. The second-order valence-electron chi connectivity index (χ2n) is 5.05. The summed E-state index contributed by atoms with van der Waals surface area (Å²) in [5.74, 6) is 3.27. The van der Waals surface area contributed by atoms with Crippen molar-refractivity contribution in [3.05, 3.63) is 24.2 Å². The summed E-state index contributed by atoms with van der Waals surface area (Å²) in [5.41, 5.74) is 5.81. The van der Waals surface area contributed by atoms with Crippen molar-refractivity contribution < 1.29 is 9.21 Å². The quantitative estimate of drug-likeness (QED) is 0.752. The highest BCUT2D eigenvalue weighted by Crippen LogP contribution is 2.24. The number of rotatable bonds is 7. The minimum Gasteiger partial charge on any atom is -0.468 e. The Labute approximate surface area is 118 Å². The number of carbonyl (C=O) groups is 1. The molecule has 0 saturated heterocycles. The van der Waals surface area contributed by atoms with Crippen molar-refractivity contribution in [2.24, 2.45) is 11.7 Å². The van der Waals surface area contributed by atoms with E-state index in [0.29, 0.717) is 0 Å². The van der Waals surface area contributed by atoms with Crippen molar-refractivity contribution in [1.82, 2.24) is 5.32 Å². The van der Waals surface area contributed by atoms with Crippen LogP contribution in [0.25, 0.3) is 0 Å². The highest BCUT2D eigenvalue weighted by atomic mass is 32.2. The van der Waals surface area contributed by atoms with Crippen molar-refractivity contribution in [2.75, 3.05) is 12.3 Å². The van der Waals surface area contributed by atoms with Crippen LogP contribution in [0, 0.1) is 5.92 Å². The lowest BCUT2D eigenvalue weighted by molar-refractivity contribution is -0.124. The summed E-state index contributed by atoms with van der Waals surface area (Å²) in [5, 5.41) is 3.01. The number of hydrogen-bond donors (Lipinski definition) is 2. The highest BCUT2D eigenvalue weighted by Gasteiger charge is 2.27. The number of nitrogens with one attached hydrogen (secondary N) is 1. The van der Waals surface area contributed by atoms with E-state index in [0.717, 1.165) is 49.5 Å². The van der Waals surface area contributed by atoms with Crippen LogP contribution in [0.4, 0.5) is 0 Å². The van der Waals surface area contributed by atoms with Crippen LogP contribution in [0.15, 0.2) is 22.8 Å². The van der Waals surface area contributed by atoms with Crippen LogP contribution >= 0.6 is 11.8 Å². The van der Waals surface area contributed by atoms with Crippen molar-refractivity contribution in [2.45, 2.75) is 37.5 Å². The molecule has 4 nitrogen and oxygen atoms in total. The molecular formula is C14H22N2O2S. The predicted molar refractivity (Wildman–Crippen MR) is 77.8 cm³/mol. The van der Waals surface area contributed by atoms with Gasteiger partial charge < -0.3 is 15.5 Å². The molecule has 1 aromatic rings. The third-order valence-electron chi connectivity index (χ3n) is 3.43. The fraction of sp³-hybridized carbons (Fsp3) is 0.643. The lowest BCUT2D eigenvalue weighted by atomic mass is 10.1. The Morgan fingerprint density at radius 3 is 3.11 bits per heavy atom. The van der Waals surface area contributed by atoms with Gasteiger partial charge in [0, 0.05) is 18.5 Å². The molecule has 1 aliphatic carbocycles. The van der Waals surface area contributed by atoms with E-state index in [2.05, 4.69) is 5.32 Å². The zero-order valence-corrected chi connectivity index (χ0v) is 12.0. The number of carbonyl (C=O) groups excluding carboxylic acids is 1. The first-order valence-corrected chi connectivity index (χ1v) is 8.04. The molecule has 2 rings (SSSR count). The topological polar surface area (TPSA) is 68.3 Å². The Balaban J connectivity index is 1.48. The monoisotopic (exact) mass is 282 g/mol. The molecule has 0 aliphatic heterocycles. The Bertz CT molecular complexity index is 381. The Hall–Kier alpha value is -0.940. The zero-order valence-electron chi connectivity index (χ0n) is 11.1. The van der Waals surface area contributed by atoms with E-state index in [-0.39, 0.29) is 17.9 Å². The lowest BCUT2D eigenvalue weighted by Gasteiger charge is -2.10. The van der Waals surface area contributed by atoms with E-state index >= 15 is 0 Å². The molecule has 0 radical (unpaired) electrons. The van der Waals surface area contributed by atoms with Gasteiger partial charge >= 0.3 is 0 Å². The molecule has 1 aliphatic rings. The third kappa shape index (κ3) is 4.91. The van der Waals surface area contributed by atoms with Crippen LogP contribution in [0.1, 0.15) is 31.4 Å². The Kier molecular flexibility index (Phi) is 5.79. The fourth-order valence-electron chi connectivity index (χ4n) is 2.35. The van der Waals surface area contributed by atoms with Crippen LogP contribution in [0.5, 0.6) is 0 Å². The van der Waals surface area contributed by atoms with Crippen LogP contribution in [-0.2, 0) is 10.5 Å². The molecule has 1 aromatic heterocycles. The highest BCUT2D eigenvalue weighted by molar-refractivity contribution is 7.98. The largest absolute Gasteiger partial charge is 0.468 e. The SMILES string of the molecule is N[C@H]1CC[C@@H](C(=O)NCCCSCc2ccco2)C1. The summed E-state index contributed by atoms with van der Waals surface area (Å²) >= 11 is 1.83. The Morgan fingerprint density at radius 2 is 2.42 bits per heavy atom. The van der Waals surface area contributed by atoms with Crippen molar-refractivity contribution >= 4 is 17.7 Å². The molecular weight excluding hydrogens is 260 g/mol. The summed E-state index contributed by atoms with van der Waals surface area (Å²) < 4.78 is 5.25. The van der Waals surface area contributed by atoms with Crippen molar-refractivity contribution in [3.8, 4) is 0 Å². The van der Waals surface area contributed by atoms with Gasteiger partial charge in [-0.25, -0.2) is 0 Å². The first-order valence-electron chi connectivity index (χ1n) is 6.89. The number of hydrogen-bond acceptors (Lipinski definition) is 4. The number of furan rings is 1. The molecule has 106 valence electrons. The lowest BCUT2D eigenvalue weighted by Crippen LogP contribution is -2.31. The molecule has 0 bridgehead atoms. The van der Waals surface area contributed by atoms with Crippen LogP contribution in [-0.4, -0.2) is 24.2 Å². The van der Waals surface area contributed by atoms with Crippen LogP contribution < -0.4 is 11.1 Å². The van der Waals surface area contributed by atoms with Crippen LogP contribution in [0.3, 0.4) is 0 Å². The summed E-state index contributed by atoms with van der Waals surface area (Å²) in [4.78, 5) is 11.8. The van der Waals surface area contributed by atoms with Crippen molar-refractivity contribution in [1.29, 1.82) is 0 Å². The Morgan fingerprint density at radius 1 is 1.53 bits per heavy atom. The van der Waals surface area contributed by atoms with Gasteiger partial charge in [-0.2, -0.15) is 11.8 Å². The number of thioether (sulfide) groups is 1. The molecule has 0 spiro atoms. The van der Waals surface area contributed by atoms with Gasteiger partial charge in [0.15, 0.2) is 0 Å². The normalized spacial score (nSPS) is 22.6. The molecule has 3 N–H and O–H groups in total. The second kappa shape index (κ2) is 7.60. The molecule has 1 saturated carbocycles. The predicted octanol–water partition coefficient (Wildman–Crippen LogP) is 2.15. The molecule has 19 heavy (non-hydrogen) atoms. The average molecular weight is 282 g/mol. The van der Waals surface area contributed by atoms with Gasteiger partial charge in [0.25, 0.3) is 0 Å². The van der Waals surface area contributed by atoms with Gasteiger partial charge in [-0.3, -0.25) is 4.79 Å². The van der Waals surface area contributed by atoms with Gasteiger partial charge in [0.2, 0.25) is 5.91 Å². The zero-order chi connectivity index (χ0) is 13.5. The molecule has 1 amide bonds. The van der Waals surface area contributed by atoms with Gasteiger partial charge in [0.1, 0.15) is 5.76 Å². The maximum atomic E-state index is 11.8. The first kappa shape index (κ1) is 14.5. The molecule has 0 unspecified atom stereocenters. The first-order chi connectivity index (χ1) is 9.25. The van der Waals surface area contributed by atoms with E-state index in [1.807, 2.05) is 23.9 Å². The van der Waals surface area contributed by atoms with Gasteiger partial charge in [-0.15, -0.1) is 0 Å². The molecule has 1 fully saturated rings. The smallest absolute Gasteiger partial charge is 0.223 e. The summed E-state index contributed by atoms with van der Waals surface area (Å²) in [6.45, 7) is 0.760. The van der Waals surface area contributed by atoms with E-state index in [1.165, 1.54) is 0 Å². The van der Waals surface area contributed by atoms with E-state index in [9.17, 15) is 4.79 Å². The average Bonchev–Trinajstić information content (AvgIpc) is 3.04. The van der Waals surface area contributed by atoms with E-state index in [1.54, 1.807) is 6.26 Å². The van der Waals surface area contributed by atoms with Crippen molar-refractivity contribution in [3.63, 3.8) is 0 Å². The minimum atomic E-state index is 0.144. The van der Waals surface area contributed by atoms with Gasteiger partial charge in [-0.05, 0) is 43.6 Å². The van der Waals surface area contributed by atoms with Crippen LogP contribution in [0.2, 0.25) is 0 Å². The summed E-state index contributed by atoms with van der Waals surface area (Å²) in [6, 6.07) is 4.11. The summed E-state index contributed by atoms with van der Waals surface area (Å²) in [7, 11) is 0. The number of amides is 1. The molecule has 1 heterocycles. The molecule has 2 atom stereocenters. The maximum Gasteiger partial charge on any atom is 0.223 e. The standard InChI is InChI=1S/C14H22N2O2S/c15-12-5-4-11(9-12)14(17)16-6-2-8-19-10-13-3-1-7-18-13/h1,3,7,11-12H,2,4-6,8-10,15H2,(H,16,17)/t11-,12+/m1/s1. The van der Waals surface area contributed by atoms with Gasteiger partial charge in [-0.1, -0.05) is 0 Å². The molecule has 5 heteroatoms. The van der Waals surface area contributed by atoms with E-state index < -0.39 is 0 Å². The number of nitrogens with two attached hydrogens (primary N) is 1.